The van der Waals surface area contributed by atoms with Crippen molar-refractivity contribution in [1.29, 1.82) is 0 Å². The number of nitrogens with one attached hydrogen (secondary N) is 1. The molecule has 2 heterocycles. The first-order valence-electron chi connectivity index (χ1n) is 11.6. The van der Waals surface area contributed by atoms with Gasteiger partial charge in [0.15, 0.2) is 0 Å². The summed E-state index contributed by atoms with van der Waals surface area (Å²) in [7, 11) is -3.60. The minimum absolute atomic E-state index is 0.0905. The van der Waals surface area contributed by atoms with E-state index in [-0.39, 0.29) is 22.8 Å². The maximum Gasteiger partial charge on any atom is 0.280 e. The number of carbonyl (C=O) groups excluding carboxylic acids is 1. The minimum Gasteiger partial charge on any atom is -0.328 e. The summed E-state index contributed by atoms with van der Waals surface area (Å²) in [5.74, 6) is 0.308. The van der Waals surface area contributed by atoms with Gasteiger partial charge in [0.2, 0.25) is 15.9 Å². The molecule has 0 unspecified atom stereocenters. The average Bonchev–Trinajstić information content (AvgIpc) is 3.22. The Hall–Kier alpha value is -3.57. The standard InChI is InChI=1S/C24H28N6O4S/c1-4-28(5-2)35(33,34)17-11-12-21-20(15-17)26-22(29(21)6-3)13-14-23(31)27-30-16-25-19-10-8-7-9-18(19)24(30)32/h7-12,15-16H,4-6,13-14H2,1-3H3,(H,27,31). The normalized spacial score (nSPS) is 12.0. The number of aryl methyl sites for hydroxylation is 2. The van der Waals surface area contributed by atoms with E-state index in [4.69, 9.17) is 0 Å². The summed E-state index contributed by atoms with van der Waals surface area (Å²) in [5, 5.41) is 0.415. The summed E-state index contributed by atoms with van der Waals surface area (Å²) in [5.41, 5.74) is 4.14. The molecule has 2 aromatic carbocycles. The fourth-order valence-electron chi connectivity index (χ4n) is 4.14. The molecular weight excluding hydrogens is 468 g/mol. The van der Waals surface area contributed by atoms with Gasteiger partial charge >= 0.3 is 0 Å². The molecule has 2 aromatic heterocycles. The number of hydrogen-bond acceptors (Lipinski definition) is 6. The van der Waals surface area contributed by atoms with E-state index < -0.39 is 10.0 Å². The van der Waals surface area contributed by atoms with Crippen molar-refractivity contribution in [1.82, 2.24) is 23.5 Å². The zero-order chi connectivity index (χ0) is 25.2. The Balaban J connectivity index is 1.54. The van der Waals surface area contributed by atoms with Gasteiger partial charge in [-0.3, -0.25) is 15.0 Å². The lowest BCUT2D eigenvalue weighted by atomic mass is 10.2. The number of rotatable bonds is 9. The van der Waals surface area contributed by atoms with Gasteiger partial charge in [0.05, 0.1) is 26.8 Å². The number of amides is 1. The predicted octanol–water partition coefficient (Wildman–Crippen LogP) is 2.50. The summed E-state index contributed by atoms with van der Waals surface area (Å²) >= 11 is 0. The van der Waals surface area contributed by atoms with E-state index in [1.165, 1.54) is 10.6 Å². The van der Waals surface area contributed by atoms with Gasteiger partial charge in [-0.15, -0.1) is 0 Å². The van der Waals surface area contributed by atoms with E-state index in [9.17, 15) is 18.0 Å². The third-order valence-corrected chi connectivity index (χ3v) is 7.99. The van der Waals surface area contributed by atoms with E-state index in [1.54, 1.807) is 56.3 Å². The van der Waals surface area contributed by atoms with Gasteiger partial charge in [-0.1, -0.05) is 26.0 Å². The van der Waals surface area contributed by atoms with Crippen LogP contribution in [-0.4, -0.2) is 50.9 Å². The molecule has 184 valence electrons. The van der Waals surface area contributed by atoms with Crippen LogP contribution in [0.5, 0.6) is 0 Å². The summed E-state index contributed by atoms with van der Waals surface area (Å²) in [6.07, 6.45) is 1.71. The molecule has 0 bridgehead atoms. The van der Waals surface area contributed by atoms with Gasteiger partial charge in [-0.05, 0) is 37.3 Å². The first-order valence-corrected chi connectivity index (χ1v) is 13.0. The molecular formula is C24H28N6O4S. The third kappa shape index (κ3) is 4.69. The van der Waals surface area contributed by atoms with Crippen molar-refractivity contribution < 1.29 is 13.2 Å². The highest BCUT2D eigenvalue weighted by atomic mass is 32.2. The topological polar surface area (TPSA) is 119 Å². The maximum atomic E-state index is 12.9. The smallest absolute Gasteiger partial charge is 0.280 e. The van der Waals surface area contributed by atoms with Crippen molar-refractivity contribution in [2.75, 3.05) is 18.5 Å². The van der Waals surface area contributed by atoms with Crippen LogP contribution in [0.15, 0.2) is 58.5 Å². The molecule has 10 nitrogen and oxygen atoms in total. The molecule has 0 aliphatic rings. The largest absolute Gasteiger partial charge is 0.328 e. The first-order chi connectivity index (χ1) is 16.8. The lowest BCUT2D eigenvalue weighted by Gasteiger charge is -2.18. The summed E-state index contributed by atoms with van der Waals surface area (Å²) in [6, 6.07) is 11.9. The zero-order valence-electron chi connectivity index (χ0n) is 19.9. The Morgan fingerprint density at radius 2 is 1.80 bits per heavy atom. The molecule has 11 heteroatoms. The van der Waals surface area contributed by atoms with Gasteiger partial charge in [-0.25, -0.2) is 23.1 Å². The Kier molecular flexibility index (Phi) is 6.99. The number of fused-ring (bicyclic) bond motifs is 2. The molecule has 0 spiro atoms. The van der Waals surface area contributed by atoms with Crippen LogP contribution in [0.2, 0.25) is 0 Å². The number of para-hydroxylation sites is 1. The molecule has 1 amide bonds. The van der Waals surface area contributed by atoms with Crippen LogP contribution < -0.4 is 11.0 Å². The van der Waals surface area contributed by atoms with Crippen LogP contribution >= 0.6 is 0 Å². The number of carbonyl (C=O) groups is 1. The number of imidazole rings is 1. The van der Waals surface area contributed by atoms with Gasteiger partial charge in [0.1, 0.15) is 12.2 Å². The zero-order valence-corrected chi connectivity index (χ0v) is 20.7. The summed E-state index contributed by atoms with van der Waals surface area (Å²) in [4.78, 5) is 34.2. The second-order valence-electron chi connectivity index (χ2n) is 7.98. The molecule has 0 aliphatic carbocycles. The predicted molar refractivity (Wildman–Crippen MR) is 134 cm³/mol. The fourth-order valence-corrected chi connectivity index (χ4v) is 5.62. The van der Waals surface area contributed by atoms with Crippen LogP contribution in [0.25, 0.3) is 21.9 Å². The van der Waals surface area contributed by atoms with Crippen molar-refractivity contribution in [2.45, 2.75) is 45.1 Å². The SMILES string of the molecule is CCN(CC)S(=O)(=O)c1ccc2c(c1)nc(CCC(=O)Nn1cnc3ccccc3c1=O)n2CC. The quantitative estimate of drug-likeness (QED) is 0.380. The van der Waals surface area contributed by atoms with Gasteiger partial charge in [0.25, 0.3) is 5.56 Å². The molecule has 0 atom stereocenters. The van der Waals surface area contributed by atoms with E-state index in [1.807, 2.05) is 11.5 Å². The van der Waals surface area contributed by atoms with E-state index in [2.05, 4.69) is 15.4 Å². The van der Waals surface area contributed by atoms with Crippen LogP contribution in [-0.2, 0) is 27.8 Å². The Morgan fingerprint density at radius 3 is 2.51 bits per heavy atom. The van der Waals surface area contributed by atoms with Crippen molar-refractivity contribution >= 4 is 37.9 Å². The average molecular weight is 497 g/mol. The summed E-state index contributed by atoms with van der Waals surface area (Å²) < 4.78 is 30.2. The van der Waals surface area contributed by atoms with Crippen molar-refractivity contribution in [2.24, 2.45) is 0 Å². The number of benzene rings is 2. The molecule has 1 N–H and O–H groups in total. The minimum atomic E-state index is -3.60. The van der Waals surface area contributed by atoms with Gasteiger partial charge in [-0.2, -0.15) is 4.31 Å². The molecule has 35 heavy (non-hydrogen) atoms. The van der Waals surface area contributed by atoms with E-state index in [0.717, 1.165) is 10.2 Å². The molecule has 0 fully saturated rings. The second kappa shape index (κ2) is 9.96. The molecule has 4 rings (SSSR count). The van der Waals surface area contributed by atoms with Crippen LogP contribution in [0.3, 0.4) is 0 Å². The van der Waals surface area contributed by atoms with Gasteiger partial charge in [0, 0.05) is 32.5 Å². The van der Waals surface area contributed by atoms with Gasteiger partial charge < -0.3 is 4.57 Å². The monoisotopic (exact) mass is 496 g/mol. The molecule has 4 aromatic rings. The van der Waals surface area contributed by atoms with Crippen molar-refractivity contribution in [3.05, 3.63) is 65.0 Å². The number of aromatic nitrogens is 4. The van der Waals surface area contributed by atoms with E-state index >= 15 is 0 Å². The third-order valence-electron chi connectivity index (χ3n) is 5.94. The highest BCUT2D eigenvalue weighted by Crippen LogP contribution is 2.23. The van der Waals surface area contributed by atoms with Crippen molar-refractivity contribution in [3.63, 3.8) is 0 Å². The Labute approximate surface area is 203 Å². The molecule has 0 saturated carbocycles. The lowest BCUT2D eigenvalue weighted by Crippen LogP contribution is -2.33. The highest BCUT2D eigenvalue weighted by molar-refractivity contribution is 7.89. The summed E-state index contributed by atoms with van der Waals surface area (Å²) in [6.45, 7) is 6.95. The second-order valence-corrected chi connectivity index (χ2v) is 9.92. The van der Waals surface area contributed by atoms with Crippen molar-refractivity contribution in [3.8, 4) is 0 Å². The number of sulfonamides is 1. The molecule has 0 saturated heterocycles. The van der Waals surface area contributed by atoms with Crippen LogP contribution in [0, 0.1) is 0 Å². The lowest BCUT2D eigenvalue weighted by molar-refractivity contribution is -0.117. The Bertz CT molecular complexity index is 1550. The molecule has 0 radical (unpaired) electrons. The van der Waals surface area contributed by atoms with E-state index in [0.29, 0.717) is 48.3 Å². The first kappa shape index (κ1) is 24.6. The number of nitrogens with zero attached hydrogens (tertiary/aromatic N) is 5. The fraction of sp³-hybridized carbons (Fsp3) is 0.333. The highest BCUT2D eigenvalue weighted by Gasteiger charge is 2.23. The van der Waals surface area contributed by atoms with Crippen LogP contribution in [0.4, 0.5) is 0 Å². The number of hydrogen-bond donors (Lipinski definition) is 1. The molecule has 0 aliphatic heterocycles. The van der Waals surface area contributed by atoms with Crippen LogP contribution in [0.1, 0.15) is 33.0 Å². The maximum absolute atomic E-state index is 12.9. The Morgan fingerprint density at radius 1 is 1.06 bits per heavy atom.